The minimum Gasteiger partial charge on any atom is -0.403 e. The van der Waals surface area contributed by atoms with E-state index in [0.29, 0.717) is 11.3 Å². The molecule has 0 atom stereocenters. The van der Waals surface area contributed by atoms with Gasteiger partial charge in [-0.1, -0.05) is 11.6 Å². The molecule has 36 heavy (non-hydrogen) atoms. The van der Waals surface area contributed by atoms with Gasteiger partial charge in [0.1, 0.15) is 5.56 Å². The molecule has 3 aromatic heterocycles. The molecule has 4 aromatic rings. The first-order valence-corrected chi connectivity index (χ1v) is 13.1. The summed E-state index contributed by atoms with van der Waals surface area (Å²) in [6, 6.07) is 6.07. The minimum absolute atomic E-state index is 0.00385. The number of hydrogen-bond acceptors (Lipinski definition) is 7. The fraction of sp³-hybridized carbons (Fsp3) is 0.250. The highest BCUT2D eigenvalue weighted by molar-refractivity contribution is 7.90. The average molecular weight is 530 g/mol. The van der Waals surface area contributed by atoms with Crippen LogP contribution in [0.5, 0.6) is 5.88 Å². The predicted molar refractivity (Wildman–Crippen MR) is 132 cm³/mol. The van der Waals surface area contributed by atoms with Crippen LogP contribution in [-0.2, 0) is 30.5 Å². The molecular weight excluding hydrogens is 506 g/mol. The molecule has 0 N–H and O–H groups in total. The van der Waals surface area contributed by atoms with Gasteiger partial charge in [0.2, 0.25) is 11.7 Å². The lowest BCUT2D eigenvalue weighted by molar-refractivity contribution is 0.0718. The zero-order valence-electron chi connectivity index (χ0n) is 20.3. The van der Waals surface area contributed by atoms with Crippen molar-refractivity contribution in [1.29, 1.82) is 0 Å². The fourth-order valence-electron chi connectivity index (χ4n) is 3.91. The standard InChI is InChI=1S/C24H24ClN5O5S/c1-14-8-11-30(26-14)13-18-19(36(5,33)34)7-6-17(21(18)25)22(31)20-15(2)27-29(4)23(20)35-24(32)16-9-10-28(3)12-16/h6-12H,13H2,1-5H3. The van der Waals surface area contributed by atoms with Gasteiger partial charge >= 0.3 is 5.97 Å². The second-order valence-electron chi connectivity index (χ2n) is 8.50. The average Bonchev–Trinajstić information content (AvgIpc) is 3.47. The number of carbonyl (C=O) groups is 2. The van der Waals surface area contributed by atoms with Crippen molar-refractivity contribution in [2.24, 2.45) is 14.1 Å². The Hall–Kier alpha value is -3.70. The number of esters is 1. The lowest BCUT2D eigenvalue weighted by Gasteiger charge is -2.14. The van der Waals surface area contributed by atoms with Crippen molar-refractivity contribution < 1.29 is 22.7 Å². The molecule has 1 aromatic carbocycles. The maximum atomic E-state index is 13.7. The molecule has 0 amide bonds. The van der Waals surface area contributed by atoms with Crippen LogP contribution in [0, 0.1) is 13.8 Å². The van der Waals surface area contributed by atoms with Crippen molar-refractivity contribution in [3.63, 3.8) is 0 Å². The number of aromatic nitrogens is 5. The fourth-order valence-corrected chi connectivity index (χ4v) is 5.20. The molecule has 0 radical (unpaired) electrons. The van der Waals surface area contributed by atoms with Crippen molar-refractivity contribution in [3.8, 4) is 5.88 Å². The van der Waals surface area contributed by atoms with E-state index in [1.165, 1.54) is 16.8 Å². The maximum absolute atomic E-state index is 13.7. The van der Waals surface area contributed by atoms with E-state index in [1.54, 1.807) is 67.9 Å². The van der Waals surface area contributed by atoms with Crippen molar-refractivity contribution in [2.45, 2.75) is 25.3 Å². The van der Waals surface area contributed by atoms with Gasteiger partial charge in [0, 0.05) is 50.1 Å². The van der Waals surface area contributed by atoms with Crippen LogP contribution < -0.4 is 4.74 Å². The number of ketones is 1. The summed E-state index contributed by atoms with van der Waals surface area (Å²) in [7, 11) is -0.337. The summed E-state index contributed by atoms with van der Waals surface area (Å²) in [6.45, 7) is 3.45. The largest absolute Gasteiger partial charge is 0.403 e. The SMILES string of the molecule is Cc1ccn(Cc2c(S(C)(=O)=O)ccc(C(=O)c3c(C)nn(C)c3OC(=O)c3ccn(C)c3)c2Cl)n1. The van der Waals surface area contributed by atoms with E-state index in [4.69, 9.17) is 16.3 Å². The summed E-state index contributed by atoms with van der Waals surface area (Å²) in [5.41, 5.74) is 1.72. The summed E-state index contributed by atoms with van der Waals surface area (Å²) in [5.74, 6) is -1.25. The van der Waals surface area contributed by atoms with Crippen LogP contribution in [0.25, 0.3) is 0 Å². The van der Waals surface area contributed by atoms with E-state index in [-0.39, 0.29) is 39.0 Å². The third-order valence-corrected chi connectivity index (χ3v) is 7.21. The van der Waals surface area contributed by atoms with Gasteiger partial charge in [0.25, 0.3) is 0 Å². The molecule has 0 aliphatic heterocycles. The molecule has 0 fully saturated rings. The molecule has 10 nitrogen and oxygen atoms in total. The number of carbonyl (C=O) groups excluding carboxylic acids is 2. The van der Waals surface area contributed by atoms with Crippen LogP contribution in [0.3, 0.4) is 0 Å². The molecule has 0 spiro atoms. The Balaban J connectivity index is 1.79. The maximum Gasteiger partial charge on any atom is 0.346 e. The van der Waals surface area contributed by atoms with Gasteiger partial charge in [-0.25, -0.2) is 17.9 Å². The highest BCUT2D eigenvalue weighted by Gasteiger charge is 2.29. The van der Waals surface area contributed by atoms with E-state index >= 15 is 0 Å². The Morgan fingerprint density at radius 2 is 1.78 bits per heavy atom. The third-order valence-electron chi connectivity index (χ3n) is 5.59. The van der Waals surface area contributed by atoms with E-state index in [0.717, 1.165) is 11.9 Å². The first-order chi connectivity index (χ1) is 16.9. The van der Waals surface area contributed by atoms with E-state index in [2.05, 4.69) is 10.2 Å². The Morgan fingerprint density at radius 3 is 2.36 bits per heavy atom. The highest BCUT2D eigenvalue weighted by Crippen LogP contribution is 2.33. The summed E-state index contributed by atoms with van der Waals surface area (Å²) in [5, 5.41) is 8.52. The Bertz CT molecular complexity index is 1610. The number of ether oxygens (including phenoxy) is 1. The third kappa shape index (κ3) is 4.84. The number of nitrogens with zero attached hydrogens (tertiary/aromatic N) is 5. The Labute approximate surface area is 213 Å². The molecule has 0 aliphatic carbocycles. The number of halogens is 1. The van der Waals surface area contributed by atoms with Crippen LogP contribution >= 0.6 is 11.6 Å². The van der Waals surface area contributed by atoms with E-state index in [1.807, 2.05) is 0 Å². The number of aryl methyl sites for hydroxylation is 4. The van der Waals surface area contributed by atoms with Crippen LogP contribution in [-0.4, -0.2) is 50.6 Å². The molecule has 12 heteroatoms. The van der Waals surface area contributed by atoms with Crippen LogP contribution in [0.4, 0.5) is 0 Å². The molecule has 188 valence electrons. The summed E-state index contributed by atoms with van der Waals surface area (Å²) in [6.07, 6.45) is 6.06. The number of sulfone groups is 1. The second-order valence-corrected chi connectivity index (χ2v) is 10.9. The normalized spacial score (nSPS) is 11.6. The zero-order valence-corrected chi connectivity index (χ0v) is 21.9. The van der Waals surface area contributed by atoms with Crippen molar-refractivity contribution in [3.05, 3.63) is 81.5 Å². The molecule has 0 unspecified atom stereocenters. The van der Waals surface area contributed by atoms with Crippen molar-refractivity contribution in [2.75, 3.05) is 6.26 Å². The van der Waals surface area contributed by atoms with Gasteiger partial charge < -0.3 is 9.30 Å². The first-order valence-electron chi connectivity index (χ1n) is 10.8. The molecule has 0 saturated carbocycles. The van der Waals surface area contributed by atoms with Crippen LogP contribution in [0.2, 0.25) is 5.02 Å². The quantitative estimate of drug-likeness (QED) is 0.266. The molecule has 0 saturated heterocycles. The van der Waals surface area contributed by atoms with Crippen LogP contribution in [0.15, 0.2) is 47.8 Å². The van der Waals surface area contributed by atoms with E-state index in [9.17, 15) is 18.0 Å². The van der Waals surface area contributed by atoms with Crippen molar-refractivity contribution >= 4 is 33.2 Å². The topological polar surface area (TPSA) is 118 Å². The second kappa shape index (κ2) is 9.40. The smallest absolute Gasteiger partial charge is 0.346 e. The van der Waals surface area contributed by atoms with Crippen molar-refractivity contribution in [1.82, 2.24) is 24.1 Å². The number of rotatable bonds is 7. The molecular formula is C24H24ClN5O5S. The number of hydrogen-bond donors (Lipinski definition) is 0. The molecule has 0 aliphatic rings. The molecule has 0 bridgehead atoms. The monoisotopic (exact) mass is 529 g/mol. The molecule has 4 rings (SSSR count). The summed E-state index contributed by atoms with van der Waals surface area (Å²) < 4.78 is 35.1. The van der Waals surface area contributed by atoms with Gasteiger partial charge in [-0.2, -0.15) is 10.2 Å². The minimum atomic E-state index is -3.66. The first kappa shape index (κ1) is 25.4. The lowest BCUT2D eigenvalue weighted by Crippen LogP contribution is -2.15. The highest BCUT2D eigenvalue weighted by atomic mass is 35.5. The summed E-state index contributed by atoms with van der Waals surface area (Å²) in [4.78, 5) is 26.4. The lowest BCUT2D eigenvalue weighted by atomic mass is 10.0. The summed E-state index contributed by atoms with van der Waals surface area (Å²) >= 11 is 6.67. The number of benzene rings is 1. The van der Waals surface area contributed by atoms with Gasteiger partial charge in [0.15, 0.2) is 9.84 Å². The van der Waals surface area contributed by atoms with E-state index < -0.39 is 21.6 Å². The predicted octanol–water partition coefficient (Wildman–Crippen LogP) is 3.13. The Morgan fingerprint density at radius 1 is 1.06 bits per heavy atom. The van der Waals surface area contributed by atoms with Gasteiger partial charge in [-0.3, -0.25) is 9.48 Å². The van der Waals surface area contributed by atoms with Gasteiger partial charge in [-0.05, 0) is 38.1 Å². The van der Waals surface area contributed by atoms with Crippen LogP contribution in [0.1, 0.15) is 43.2 Å². The Kier molecular flexibility index (Phi) is 6.63. The van der Waals surface area contributed by atoms with Gasteiger partial charge in [0.05, 0.1) is 33.4 Å². The van der Waals surface area contributed by atoms with Gasteiger partial charge in [-0.15, -0.1) is 0 Å². The molecule has 3 heterocycles. The zero-order chi connectivity index (χ0) is 26.4.